The van der Waals surface area contributed by atoms with Crippen LogP contribution in [0, 0.1) is 5.92 Å². The lowest BCUT2D eigenvalue weighted by Gasteiger charge is -2.20. The monoisotopic (exact) mass is 334 g/mol. The van der Waals surface area contributed by atoms with E-state index in [1.807, 2.05) is 30.5 Å². The summed E-state index contributed by atoms with van der Waals surface area (Å²) in [5.41, 5.74) is 0.969. The van der Waals surface area contributed by atoms with Gasteiger partial charge in [-0.1, -0.05) is 12.1 Å². The lowest BCUT2D eigenvalue weighted by Crippen LogP contribution is -2.34. The summed E-state index contributed by atoms with van der Waals surface area (Å²) in [4.78, 5) is 17.8. The minimum atomic E-state index is 0.0573. The van der Waals surface area contributed by atoms with E-state index in [4.69, 9.17) is 0 Å². The van der Waals surface area contributed by atoms with Crippen LogP contribution >= 0.6 is 23.3 Å². The third kappa shape index (κ3) is 3.66. The van der Waals surface area contributed by atoms with Crippen LogP contribution in [0.3, 0.4) is 0 Å². The van der Waals surface area contributed by atoms with Crippen molar-refractivity contribution in [1.29, 1.82) is 0 Å². The molecule has 0 atom stereocenters. The molecule has 0 spiro atoms. The predicted molar refractivity (Wildman–Crippen MR) is 91.3 cm³/mol. The number of carbonyl (C=O) groups excluding carboxylic acids is 1. The van der Waals surface area contributed by atoms with Gasteiger partial charge in [0.05, 0.1) is 0 Å². The van der Waals surface area contributed by atoms with Gasteiger partial charge in [-0.15, -0.1) is 11.8 Å². The van der Waals surface area contributed by atoms with E-state index in [9.17, 15) is 4.79 Å². The number of benzene rings is 1. The number of anilines is 1. The Morgan fingerprint density at radius 1 is 1.32 bits per heavy atom. The third-order valence-corrected chi connectivity index (χ3v) is 5.09. The third-order valence-electron chi connectivity index (χ3n) is 3.71. The van der Waals surface area contributed by atoms with Gasteiger partial charge in [-0.3, -0.25) is 4.79 Å². The fourth-order valence-electron chi connectivity index (χ4n) is 2.42. The van der Waals surface area contributed by atoms with Crippen LogP contribution in [0.5, 0.6) is 0 Å². The second kappa shape index (κ2) is 7.21. The van der Waals surface area contributed by atoms with Crippen LogP contribution in [-0.4, -0.2) is 34.6 Å². The fourth-order valence-corrected chi connectivity index (χ4v) is 3.42. The van der Waals surface area contributed by atoms with Gasteiger partial charge < -0.3 is 10.6 Å². The van der Waals surface area contributed by atoms with Crippen molar-refractivity contribution in [3.05, 3.63) is 24.3 Å². The summed E-state index contributed by atoms with van der Waals surface area (Å²) >= 11 is 2.93. The van der Waals surface area contributed by atoms with Gasteiger partial charge in [0, 0.05) is 27.9 Å². The molecule has 7 heteroatoms. The van der Waals surface area contributed by atoms with Crippen LogP contribution in [0.1, 0.15) is 12.8 Å². The summed E-state index contributed by atoms with van der Waals surface area (Å²) in [6.45, 7) is 1.81. The van der Waals surface area contributed by atoms with Crippen molar-refractivity contribution in [2.45, 2.75) is 17.7 Å². The second-order valence-corrected chi connectivity index (χ2v) is 6.80. The zero-order valence-electron chi connectivity index (χ0n) is 12.3. The molecular weight excluding hydrogens is 316 g/mol. The van der Waals surface area contributed by atoms with Crippen LogP contribution in [0.25, 0.3) is 11.4 Å². The Labute approximate surface area is 138 Å². The van der Waals surface area contributed by atoms with Gasteiger partial charge in [0.2, 0.25) is 11.0 Å². The normalized spacial score (nSPS) is 15.7. The predicted octanol–water partition coefficient (Wildman–Crippen LogP) is 2.87. The van der Waals surface area contributed by atoms with Crippen LogP contribution in [-0.2, 0) is 4.79 Å². The largest absolute Gasteiger partial charge is 0.317 e. The van der Waals surface area contributed by atoms with Gasteiger partial charge in [-0.05, 0) is 44.3 Å². The molecule has 1 saturated heterocycles. The first-order valence-electron chi connectivity index (χ1n) is 7.26. The zero-order valence-corrected chi connectivity index (χ0v) is 14.0. The number of amides is 1. The average Bonchev–Trinajstić information content (AvgIpc) is 3.04. The maximum Gasteiger partial charge on any atom is 0.229 e. The fraction of sp³-hybridized carbons (Fsp3) is 0.400. The first kappa shape index (κ1) is 15.5. The highest BCUT2D eigenvalue weighted by atomic mass is 32.2. The molecule has 1 aromatic carbocycles. The number of hydrogen-bond acceptors (Lipinski definition) is 6. The van der Waals surface area contributed by atoms with E-state index in [1.165, 1.54) is 16.4 Å². The summed E-state index contributed by atoms with van der Waals surface area (Å²) < 4.78 is 4.34. The van der Waals surface area contributed by atoms with Crippen molar-refractivity contribution in [2.75, 3.05) is 24.7 Å². The molecule has 0 aliphatic carbocycles. The van der Waals surface area contributed by atoms with E-state index in [2.05, 4.69) is 20.0 Å². The summed E-state index contributed by atoms with van der Waals surface area (Å²) in [5.74, 6) is 0.801. The molecule has 3 rings (SSSR count). The van der Waals surface area contributed by atoms with Crippen molar-refractivity contribution in [2.24, 2.45) is 5.92 Å². The summed E-state index contributed by atoms with van der Waals surface area (Å²) in [6.07, 6.45) is 3.81. The average molecular weight is 334 g/mol. The van der Waals surface area contributed by atoms with Crippen LogP contribution in [0.2, 0.25) is 0 Å². The van der Waals surface area contributed by atoms with Crippen molar-refractivity contribution >= 4 is 34.3 Å². The molecule has 2 aromatic rings. The molecule has 1 amide bonds. The Kier molecular flexibility index (Phi) is 5.07. The molecule has 2 N–H and O–H groups in total. The van der Waals surface area contributed by atoms with Gasteiger partial charge >= 0.3 is 0 Å². The van der Waals surface area contributed by atoms with Crippen LogP contribution < -0.4 is 10.6 Å². The van der Waals surface area contributed by atoms with E-state index in [1.54, 1.807) is 11.8 Å². The topological polar surface area (TPSA) is 66.9 Å². The number of aromatic nitrogens is 2. The standard InChI is InChI=1S/C15H18N4OS2/c1-21-12-4-2-10(3-5-12)13-17-15(22-19-13)18-14(20)11-6-8-16-9-7-11/h2-5,11,16H,6-9H2,1H3,(H,17,18,19,20). The van der Waals surface area contributed by atoms with E-state index in [-0.39, 0.29) is 11.8 Å². The molecule has 1 aromatic heterocycles. The highest BCUT2D eigenvalue weighted by Gasteiger charge is 2.22. The molecular formula is C15H18N4OS2. The molecule has 0 bridgehead atoms. The number of nitrogens with zero attached hydrogens (tertiary/aromatic N) is 2. The minimum absolute atomic E-state index is 0.0573. The second-order valence-electron chi connectivity index (χ2n) is 5.17. The minimum Gasteiger partial charge on any atom is -0.317 e. The van der Waals surface area contributed by atoms with E-state index >= 15 is 0 Å². The van der Waals surface area contributed by atoms with Crippen LogP contribution in [0.4, 0.5) is 5.13 Å². The number of rotatable bonds is 4. The molecule has 1 aliphatic heterocycles. The Balaban J connectivity index is 1.66. The number of hydrogen-bond donors (Lipinski definition) is 2. The SMILES string of the molecule is CSc1ccc(-c2nsc(NC(=O)C3CCNCC3)n2)cc1. The van der Waals surface area contributed by atoms with E-state index in [0.29, 0.717) is 11.0 Å². The molecule has 5 nitrogen and oxygen atoms in total. The highest BCUT2D eigenvalue weighted by Crippen LogP contribution is 2.24. The van der Waals surface area contributed by atoms with Gasteiger partial charge in [-0.2, -0.15) is 9.36 Å². The van der Waals surface area contributed by atoms with Gasteiger partial charge in [0.15, 0.2) is 5.82 Å². The Hall–Kier alpha value is -1.44. The zero-order chi connectivity index (χ0) is 15.4. The van der Waals surface area contributed by atoms with Gasteiger partial charge in [0.1, 0.15) is 0 Å². The van der Waals surface area contributed by atoms with Crippen LogP contribution in [0.15, 0.2) is 29.2 Å². The smallest absolute Gasteiger partial charge is 0.229 e. The quantitative estimate of drug-likeness (QED) is 0.842. The van der Waals surface area contributed by atoms with E-state index in [0.717, 1.165) is 31.5 Å². The molecule has 0 radical (unpaired) electrons. The molecule has 1 fully saturated rings. The van der Waals surface area contributed by atoms with Crippen molar-refractivity contribution in [3.8, 4) is 11.4 Å². The number of piperidine rings is 1. The lowest BCUT2D eigenvalue weighted by molar-refractivity contribution is -0.120. The molecule has 2 heterocycles. The summed E-state index contributed by atoms with van der Waals surface area (Å²) in [5, 5.41) is 6.74. The van der Waals surface area contributed by atoms with E-state index < -0.39 is 0 Å². The van der Waals surface area contributed by atoms with Gasteiger partial charge in [-0.25, -0.2) is 0 Å². The Morgan fingerprint density at radius 3 is 2.73 bits per heavy atom. The number of thioether (sulfide) groups is 1. The first-order chi connectivity index (χ1) is 10.8. The molecule has 0 unspecified atom stereocenters. The Bertz CT molecular complexity index is 635. The summed E-state index contributed by atoms with van der Waals surface area (Å²) in [6, 6.07) is 8.11. The Morgan fingerprint density at radius 2 is 2.05 bits per heavy atom. The number of carbonyl (C=O) groups is 1. The molecule has 1 aliphatic rings. The lowest BCUT2D eigenvalue weighted by atomic mass is 9.97. The molecule has 22 heavy (non-hydrogen) atoms. The van der Waals surface area contributed by atoms with Crippen molar-refractivity contribution in [1.82, 2.24) is 14.7 Å². The summed E-state index contributed by atoms with van der Waals surface area (Å²) in [7, 11) is 0. The maximum absolute atomic E-state index is 12.2. The van der Waals surface area contributed by atoms with Crippen molar-refractivity contribution < 1.29 is 4.79 Å². The molecule has 116 valence electrons. The number of nitrogens with one attached hydrogen (secondary N) is 2. The highest BCUT2D eigenvalue weighted by molar-refractivity contribution is 7.98. The first-order valence-corrected chi connectivity index (χ1v) is 9.26. The molecule has 0 saturated carbocycles. The maximum atomic E-state index is 12.2. The van der Waals surface area contributed by atoms with Crippen molar-refractivity contribution in [3.63, 3.8) is 0 Å². The van der Waals surface area contributed by atoms with Gasteiger partial charge in [0.25, 0.3) is 0 Å².